The molecule has 108 valence electrons. The van der Waals surface area contributed by atoms with Crippen LogP contribution in [0.3, 0.4) is 0 Å². The van der Waals surface area contributed by atoms with Crippen molar-refractivity contribution in [2.45, 2.75) is 44.8 Å². The highest BCUT2D eigenvalue weighted by molar-refractivity contribution is 5.81. The Hall–Kier alpha value is -1.55. The zero-order chi connectivity index (χ0) is 14.1. The van der Waals surface area contributed by atoms with Crippen LogP contribution in [0.4, 0.5) is 0 Å². The fourth-order valence-corrected chi connectivity index (χ4v) is 2.94. The number of rotatable bonds is 3. The minimum atomic E-state index is -0.859. The number of aryl methyl sites for hydroxylation is 1. The van der Waals surface area contributed by atoms with Crippen molar-refractivity contribution in [2.75, 3.05) is 6.61 Å². The van der Waals surface area contributed by atoms with E-state index in [2.05, 4.69) is 5.32 Å². The van der Waals surface area contributed by atoms with Gasteiger partial charge >= 0.3 is 0 Å². The molecule has 20 heavy (non-hydrogen) atoms. The lowest BCUT2D eigenvalue weighted by Crippen LogP contribution is -2.49. The van der Waals surface area contributed by atoms with Crippen molar-refractivity contribution < 1.29 is 14.6 Å². The molecule has 1 saturated carbocycles. The van der Waals surface area contributed by atoms with Gasteiger partial charge in [0.15, 0.2) is 0 Å². The van der Waals surface area contributed by atoms with Crippen molar-refractivity contribution in [2.24, 2.45) is 5.92 Å². The van der Waals surface area contributed by atoms with Crippen LogP contribution in [0.5, 0.6) is 5.75 Å². The third-order valence-electron chi connectivity index (χ3n) is 4.40. The Balaban J connectivity index is 1.61. The Bertz CT molecular complexity index is 510. The van der Waals surface area contributed by atoms with Gasteiger partial charge in [-0.2, -0.15) is 0 Å². The second-order valence-electron chi connectivity index (χ2n) is 5.92. The highest BCUT2D eigenvalue weighted by Crippen LogP contribution is 2.30. The molecule has 0 saturated heterocycles. The van der Waals surface area contributed by atoms with Gasteiger partial charge in [-0.15, -0.1) is 0 Å². The molecule has 1 amide bonds. The second kappa shape index (κ2) is 5.44. The summed E-state index contributed by atoms with van der Waals surface area (Å²) in [4.78, 5) is 12.0. The molecule has 2 aliphatic rings. The van der Waals surface area contributed by atoms with Crippen molar-refractivity contribution in [3.05, 3.63) is 29.3 Å². The van der Waals surface area contributed by atoms with Crippen molar-refractivity contribution >= 4 is 5.91 Å². The Labute approximate surface area is 119 Å². The Kier molecular flexibility index (Phi) is 3.66. The van der Waals surface area contributed by atoms with Crippen LogP contribution >= 0.6 is 0 Å². The molecule has 1 heterocycles. The summed E-state index contributed by atoms with van der Waals surface area (Å²) in [6.07, 6.45) is 2.94. The van der Waals surface area contributed by atoms with Gasteiger partial charge in [-0.1, -0.05) is 24.6 Å². The standard InChI is InChI=1S/C16H21NO3/c1-10-4-2-7-12-8-13(9-20-15(10)12)17-16(19)14(18)11-5-3-6-11/h2,4,7,11,13-14,18H,3,5-6,8-9H2,1H3,(H,17,19). The lowest BCUT2D eigenvalue weighted by Gasteiger charge is -2.32. The molecule has 0 aromatic heterocycles. The van der Waals surface area contributed by atoms with Gasteiger partial charge in [0.05, 0.1) is 6.04 Å². The number of ether oxygens (including phenoxy) is 1. The van der Waals surface area contributed by atoms with E-state index in [0.29, 0.717) is 6.61 Å². The van der Waals surface area contributed by atoms with Gasteiger partial charge in [-0.3, -0.25) is 4.79 Å². The number of carbonyl (C=O) groups excluding carboxylic acids is 1. The summed E-state index contributed by atoms with van der Waals surface area (Å²) >= 11 is 0. The minimum Gasteiger partial charge on any atom is -0.491 e. The molecule has 0 radical (unpaired) electrons. The number of aliphatic hydroxyl groups excluding tert-OH is 1. The maximum atomic E-state index is 12.0. The van der Waals surface area contributed by atoms with E-state index in [0.717, 1.165) is 42.6 Å². The molecule has 1 aliphatic carbocycles. The summed E-state index contributed by atoms with van der Waals surface area (Å²) in [6.45, 7) is 2.50. The zero-order valence-corrected chi connectivity index (χ0v) is 11.8. The van der Waals surface area contributed by atoms with E-state index in [1.807, 2.05) is 25.1 Å². The van der Waals surface area contributed by atoms with Crippen LogP contribution in [-0.2, 0) is 11.2 Å². The van der Waals surface area contributed by atoms with E-state index in [-0.39, 0.29) is 17.9 Å². The van der Waals surface area contributed by atoms with Crippen LogP contribution < -0.4 is 10.1 Å². The molecule has 3 rings (SSSR count). The normalized spacial score (nSPS) is 23.2. The summed E-state index contributed by atoms with van der Waals surface area (Å²) in [5.74, 6) is 0.839. The predicted molar refractivity (Wildman–Crippen MR) is 75.7 cm³/mol. The molecule has 2 atom stereocenters. The minimum absolute atomic E-state index is 0.0495. The number of hydrogen-bond acceptors (Lipinski definition) is 3. The first kappa shape index (κ1) is 13.4. The summed E-state index contributed by atoms with van der Waals surface area (Å²) < 4.78 is 5.75. The molecule has 4 heteroatoms. The zero-order valence-electron chi connectivity index (χ0n) is 11.8. The highest BCUT2D eigenvalue weighted by Gasteiger charge is 2.32. The van der Waals surface area contributed by atoms with Crippen molar-refractivity contribution in [1.29, 1.82) is 0 Å². The lowest BCUT2D eigenvalue weighted by atomic mass is 9.81. The van der Waals surface area contributed by atoms with Crippen molar-refractivity contribution in [1.82, 2.24) is 5.32 Å². The average molecular weight is 275 g/mol. The molecule has 4 nitrogen and oxygen atoms in total. The highest BCUT2D eigenvalue weighted by atomic mass is 16.5. The average Bonchev–Trinajstić information content (AvgIpc) is 2.36. The Morgan fingerprint density at radius 2 is 2.25 bits per heavy atom. The van der Waals surface area contributed by atoms with Crippen LogP contribution in [0.25, 0.3) is 0 Å². The van der Waals surface area contributed by atoms with Crippen molar-refractivity contribution in [3.63, 3.8) is 0 Å². The monoisotopic (exact) mass is 275 g/mol. The number of fused-ring (bicyclic) bond motifs is 1. The molecule has 1 fully saturated rings. The van der Waals surface area contributed by atoms with Gasteiger partial charge in [0, 0.05) is 0 Å². The summed E-state index contributed by atoms with van der Waals surface area (Å²) in [7, 11) is 0. The molecule has 0 bridgehead atoms. The molecule has 0 spiro atoms. The van der Waals surface area contributed by atoms with E-state index in [1.165, 1.54) is 0 Å². The molecular weight excluding hydrogens is 254 g/mol. The van der Waals surface area contributed by atoms with Gasteiger partial charge in [0.2, 0.25) is 5.91 Å². The molecule has 2 unspecified atom stereocenters. The first-order valence-electron chi connectivity index (χ1n) is 7.35. The summed E-state index contributed by atoms with van der Waals surface area (Å²) in [5.41, 5.74) is 2.25. The second-order valence-corrected chi connectivity index (χ2v) is 5.92. The van der Waals surface area contributed by atoms with E-state index >= 15 is 0 Å². The maximum Gasteiger partial charge on any atom is 0.249 e. The largest absolute Gasteiger partial charge is 0.491 e. The van der Waals surface area contributed by atoms with Crippen LogP contribution in [-0.4, -0.2) is 29.8 Å². The van der Waals surface area contributed by atoms with E-state index < -0.39 is 6.10 Å². The fraction of sp³-hybridized carbons (Fsp3) is 0.562. The quantitative estimate of drug-likeness (QED) is 0.880. The van der Waals surface area contributed by atoms with Gasteiger partial charge in [-0.25, -0.2) is 0 Å². The molecular formula is C16H21NO3. The van der Waals surface area contributed by atoms with E-state index in [1.54, 1.807) is 0 Å². The number of nitrogens with one attached hydrogen (secondary N) is 1. The lowest BCUT2D eigenvalue weighted by molar-refractivity contribution is -0.134. The number of hydrogen-bond donors (Lipinski definition) is 2. The summed E-state index contributed by atoms with van der Waals surface area (Å²) in [6, 6.07) is 6.01. The van der Waals surface area contributed by atoms with Crippen molar-refractivity contribution in [3.8, 4) is 5.75 Å². The predicted octanol–water partition coefficient (Wildman–Crippen LogP) is 1.58. The smallest absolute Gasteiger partial charge is 0.249 e. The Morgan fingerprint density at radius 1 is 1.45 bits per heavy atom. The first-order chi connectivity index (χ1) is 9.65. The third kappa shape index (κ3) is 2.52. The Morgan fingerprint density at radius 3 is 2.95 bits per heavy atom. The van der Waals surface area contributed by atoms with Gasteiger partial charge < -0.3 is 15.2 Å². The number of aliphatic hydroxyl groups is 1. The maximum absolute atomic E-state index is 12.0. The number of para-hydroxylation sites is 1. The SMILES string of the molecule is Cc1cccc2c1OCC(NC(=O)C(O)C1CCC1)C2. The van der Waals surface area contributed by atoms with Gasteiger partial charge in [-0.05, 0) is 43.2 Å². The van der Waals surface area contributed by atoms with Crippen LogP contribution in [0.15, 0.2) is 18.2 Å². The molecule has 1 aliphatic heterocycles. The number of amides is 1. The van der Waals surface area contributed by atoms with Crippen LogP contribution in [0, 0.1) is 12.8 Å². The topological polar surface area (TPSA) is 58.6 Å². The number of carbonyl (C=O) groups is 1. The third-order valence-corrected chi connectivity index (χ3v) is 4.40. The molecule has 1 aromatic carbocycles. The van der Waals surface area contributed by atoms with Crippen LogP contribution in [0.2, 0.25) is 0 Å². The van der Waals surface area contributed by atoms with Gasteiger partial charge in [0.1, 0.15) is 18.5 Å². The summed E-state index contributed by atoms with van der Waals surface area (Å²) in [5, 5.41) is 12.9. The fourth-order valence-electron chi connectivity index (χ4n) is 2.94. The first-order valence-corrected chi connectivity index (χ1v) is 7.35. The van der Waals surface area contributed by atoms with Crippen LogP contribution in [0.1, 0.15) is 30.4 Å². The number of benzene rings is 1. The van der Waals surface area contributed by atoms with Gasteiger partial charge in [0.25, 0.3) is 0 Å². The van der Waals surface area contributed by atoms with E-state index in [9.17, 15) is 9.90 Å². The van der Waals surface area contributed by atoms with E-state index in [4.69, 9.17) is 4.74 Å². The molecule has 1 aromatic rings. The molecule has 2 N–H and O–H groups in total.